The van der Waals surface area contributed by atoms with Crippen molar-refractivity contribution in [1.82, 2.24) is 4.90 Å². The zero-order chi connectivity index (χ0) is 16.6. The average molecular weight is 334 g/mol. The number of amides is 1. The summed E-state index contributed by atoms with van der Waals surface area (Å²) >= 11 is 5.94. The molecule has 124 valence electrons. The Labute approximate surface area is 143 Å². The van der Waals surface area contributed by atoms with Gasteiger partial charge >= 0.3 is 6.09 Å². The predicted molar refractivity (Wildman–Crippen MR) is 93.5 cm³/mol. The van der Waals surface area contributed by atoms with Crippen LogP contribution in [0.4, 0.5) is 4.79 Å². The maximum atomic E-state index is 12.4. The van der Waals surface area contributed by atoms with Crippen LogP contribution in [0, 0.1) is 0 Å². The molecule has 0 saturated carbocycles. The highest BCUT2D eigenvalue weighted by Gasteiger charge is 2.42. The van der Waals surface area contributed by atoms with Gasteiger partial charge in [0.15, 0.2) is 0 Å². The number of rotatable bonds is 1. The van der Waals surface area contributed by atoms with Crippen molar-refractivity contribution in [2.45, 2.75) is 64.1 Å². The van der Waals surface area contributed by atoms with E-state index in [1.165, 1.54) is 11.1 Å². The first-order valence-electron chi connectivity index (χ1n) is 8.28. The largest absolute Gasteiger partial charge is 0.444 e. The van der Waals surface area contributed by atoms with E-state index >= 15 is 0 Å². The van der Waals surface area contributed by atoms with E-state index in [1.54, 1.807) is 0 Å². The molecule has 0 aromatic heterocycles. The van der Waals surface area contributed by atoms with Gasteiger partial charge in [0.05, 0.1) is 0 Å². The van der Waals surface area contributed by atoms with Gasteiger partial charge in [-0.3, -0.25) is 0 Å². The van der Waals surface area contributed by atoms with Gasteiger partial charge in [-0.1, -0.05) is 35.4 Å². The zero-order valence-electron chi connectivity index (χ0n) is 14.0. The molecule has 2 fully saturated rings. The number of carbonyl (C=O) groups excluding carboxylic acids is 1. The van der Waals surface area contributed by atoms with Gasteiger partial charge in [0, 0.05) is 17.1 Å². The molecule has 2 saturated heterocycles. The Morgan fingerprint density at radius 3 is 2.26 bits per heavy atom. The number of nitrogens with zero attached hydrogens (tertiary/aromatic N) is 1. The number of benzene rings is 1. The summed E-state index contributed by atoms with van der Waals surface area (Å²) in [6, 6.07) is 8.47. The summed E-state index contributed by atoms with van der Waals surface area (Å²) in [6.07, 6.45) is 6.12. The third kappa shape index (κ3) is 3.89. The van der Waals surface area contributed by atoms with Gasteiger partial charge in [0.1, 0.15) is 5.60 Å². The molecule has 0 N–H and O–H groups in total. The molecule has 3 rings (SSSR count). The van der Waals surface area contributed by atoms with Crippen LogP contribution in [0.25, 0.3) is 6.08 Å². The number of fused-ring (bicyclic) bond motifs is 2. The Hall–Kier alpha value is -1.48. The SMILES string of the molecule is CC(C)(C)OC(=O)N1C2CCC1CC(=Cc1ccc(Cl)cc1)C2. The van der Waals surface area contributed by atoms with E-state index < -0.39 is 5.60 Å². The fraction of sp³-hybridized carbons (Fsp3) is 0.526. The lowest BCUT2D eigenvalue weighted by Gasteiger charge is -2.37. The minimum absolute atomic E-state index is 0.157. The van der Waals surface area contributed by atoms with Crippen molar-refractivity contribution in [1.29, 1.82) is 0 Å². The first kappa shape index (κ1) is 16.4. The van der Waals surface area contributed by atoms with Gasteiger partial charge in [-0.05, 0) is 64.2 Å². The molecule has 2 atom stereocenters. The first-order valence-corrected chi connectivity index (χ1v) is 8.66. The Kier molecular flexibility index (Phi) is 4.41. The summed E-state index contributed by atoms with van der Waals surface area (Å²) in [4.78, 5) is 14.4. The normalized spacial score (nSPS) is 23.8. The van der Waals surface area contributed by atoms with Gasteiger partial charge in [0.2, 0.25) is 0 Å². The number of halogens is 1. The highest BCUT2D eigenvalue weighted by atomic mass is 35.5. The van der Waals surface area contributed by atoms with Crippen LogP contribution in [0.15, 0.2) is 29.8 Å². The van der Waals surface area contributed by atoms with Gasteiger partial charge in [0.25, 0.3) is 0 Å². The van der Waals surface area contributed by atoms with E-state index in [1.807, 2.05) is 49.9 Å². The van der Waals surface area contributed by atoms with Gasteiger partial charge < -0.3 is 9.64 Å². The van der Waals surface area contributed by atoms with Crippen LogP contribution < -0.4 is 0 Å². The smallest absolute Gasteiger partial charge is 0.410 e. The Balaban J connectivity index is 1.71. The molecule has 1 aromatic carbocycles. The Bertz CT molecular complexity index is 599. The number of piperidine rings is 1. The molecule has 4 heteroatoms. The maximum Gasteiger partial charge on any atom is 0.410 e. The fourth-order valence-corrected chi connectivity index (χ4v) is 3.70. The molecule has 0 spiro atoms. The van der Waals surface area contributed by atoms with Crippen LogP contribution in [0.2, 0.25) is 5.02 Å². The number of hydrogen-bond donors (Lipinski definition) is 0. The summed E-state index contributed by atoms with van der Waals surface area (Å²) in [7, 11) is 0. The predicted octanol–water partition coefficient (Wildman–Crippen LogP) is 5.29. The van der Waals surface area contributed by atoms with Crippen molar-refractivity contribution in [2.75, 3.05) is 0 Å². The van der Waals surface area contributed by atoms with E-state index in [0.717, 1.165) is 30.7 Å². The molecule has 2 heterocycles. The van der Waals surface area contributed by atoms with Crippen molar-refractivity contribution < 1.29 is 9.53 Å². The topological polar surface area (TPSA) is 29.5 Å². The van der Waals surface area contributed by atoms with Crippen LogP contribution in [0.3, 0.4) is 0 Å². The molecule has 2 aliphatic rings. The van der Waals surface area contributed by atoms with Gasteiger partial charge in [-0.25, -0.2) is 4.79 Å². The molecule has 2 unspecified atom stereocenters. The second-order valence-corrected chi connectivity index (χ2v) is 7.97. The molecule has 0 aliphatic carbocycles. The quantitative estimate of drug-likeness (QED) is 0.699. The number of hydrogen-bond acceptors (Lipinski definition) is 2. The minimum atomic E-state index is -0.435. The monoisotopic (exact) mass is 333 g/mol. The average Bonchev–Trinajstić information content (AvgIpc) is 2.72. The van der Waals surface area contributed by atoms with E-state index in [4.69, 9.17) is 16.3 Å². The third-order valence-corrected chi connectivity index (χ3v) is 4.71. The number of carbonyl (C=O) groups is 1. The molecule has 23 heavy (non-hydrogen) atoms. The Morgan fingerprint density at radius 2 is 1.74 bits per heavy atom. The van der Waals surface area contributed by atoms with Crippen LogP contribution in [-0.2, 0) is 4.74 Å². The van der Waals surface area contributed by atoms with Crippen LogP contribution in [-0.4, -0.2) is 28.7 Å². The van der Waals surface area contributed by atoms with Crippen molar-refractivity contribution in [3.05, 3.63) is 40.4 Å². The molecule has 3 nitrogen and oxygen atoms in total. The van der Waals surface area contributed by atoms with E-state index in [-0.39, 0.29) is 18.2 Å². The molecular formula is C19H24ClNO2. The number of ether oxygens (including phenoxy) is 1. The highest BCUT2D eigenvalue weighted by molar-refractivity contribution is 6.30. The van der Waals surface area contributed by atoms with Crippen molar-refractivity contribution in [2.24, 2.45) is 0 Å². The van der Waals surface area contributed by atoms with Crippen molar-refractivity contribution >= 4 is 23.8 Å². The lowest BCUT2D eigenvalue weighted by molar-refractivity contribution is 0.0116. The minimum Gasteiger partial charge on any atom is -0.444 e. The summed E-state index contributed by atoms with van der Waals surface area (Å²) < 4.78 is 5.58. The summed E-state index contributed by atoms with van der Waals surface area (Å²) in [5, 5.41) is 0.756. The highest BCUT2D eigenvalue weighted by Crippen LogP contribution is 2.39. The third-order valence-electron chi connectivity index (χ3n) is 4.46. The van der Waals surface area contributed by atoms with Gasteiger partial charge in [-0.15, -0.1) is 0 Å². The lowest BCUT2D eigenvalue weighted by atomic mass is 9.95. The standard InChI is InChI=1S/C19H24ClNO2/c1-19(2,3)23-18(22)21-16-8-9-17(21)12-14(11-16)10-13-4-6-15(20)7-5-13/h4-7,10,16-17H,8-9,11-12H2,1-3H3. The second-order valence-electron chi connectivity index (χ2n) is 7.53. The fourth-order valence-electron chi connectivity index (χ4n) is 3.58. The van der Waals surface area contributed by atoms with E-state index in [9.17, 15) is 4.79 Å². The van der Waals surface area contributed by atoms with E-state index in [0.29, 0.717) is 0 Å². The van der Waals surface area contributed by atoms with Crippen LogP contribution in [0.5, 0.6) is 0 Å². The Morgan fingerprint density at radius 1 is 1.17 bits per heavy atom. The van der Waals surface area contributed by atoms with E-state index in [2.05, 4.69) is 6.08 Å². The molecule has 2 aliphatic heterocycles. The zero-order valence-corrected chi connectivity index (χ0v) is 14.8. The lowest BCUT2D eigenvalue weighted by Crippen LogP contribution is -2.46. The molecule has 0 radical (unpaired) electrons. The molecule has 1 aromatic rings. The van der Waals surface area contributed by atoms with Crippen LogP contribution in [0.1, 0.15) is 52.0 Å². The molecular weight excluding hydrogens is 310 g/mol. The summed E-state index contributed by atoms with van der Waals surface area (Å²) in [6.45, 7) is 5.76. The second kappa shape index (κ2) is 6.20. The molecule has 1 amide bonds. The van der Waals surface area contributed by atoms with Gasteiger partial charge in [-0.2, -0.15) is 0 Å². The maximum absolute atomic E-state index is 12.4. The van der Waals surface area contributed by atoms with Crippen molar-refractivity contribution in [3.8, 4) is 0 Å². The van der Waals surface area contributed by atoms with Crippen molar-refractivity contribution in [3.63, 3.8) is 0 Å². The van der Waals surface area contributed by atoms with Crippen LogP contribution >= 0.6 is 11.6 Å². The summed E-state index contributed by atoms with van der Waals surface area (Å²) in [5.41, 5.74) is 2.16. The molecule has 2 bridgehead atoms. The summed E-state index contributed by atoms with van der Waals surface area (Å²) in [5.74, 6) is 0. The first-order chi connectivity index (χ1) is 10.8.